The minimum Gasteiger partial charge on any atom is -0.387 e. The van der Waals surface area contributed by atoms with Crippen molar-refractivity contribution in [3.63, 3.8) is 0 Å². The van der Waals surface area contributed by atoms with E-state index in [2.05, 4.69) is 41.6 Å². The van der Waals surface area contributed by atoms with E-state index in [0.717, 1.165) is 11.4 Å². The number of rotatable bonds is 2. The van der Waals surface area contributed by atoms with Gasteiger partial charge in [0.2, 0.25) is 11.9 Å². The highest BCUT2D eigenvalue weighted by atomic mass is 35.7. The molecule has 0 saturated heterocycles. The zero-order chi connectivity index (χ0) is 15.2. The zero-order valence-electron chi connectivity index (χ0n) is 10.9. The monoisotopic (exact) mass is 299 g/mol. The number of benzene rings is 1. The summed E-state index contributed by atoms with van der Waals surface area (Å²) in [5.74, 6) is 0. The van der Waals surface area contributed by atoms with E-state index in [4.69, 9.17) is 18.6 Å². The van der Waals surface area contributed by atoms with Gasteiger partial charge in [0, 0.05) is 25.2 Å². The third-order valence-corrected chi connectivity index (χ3v) is 2.30. The highest BCUT2D eigenvalue weighted by Gasteiger charge is 2.05. The van der Waals surface area contributed by atoms with Gasteiger partial charge in [0.05, 0.1) is 5.69 Å². The van der Waals surface area contributed by atoms with E-state index in [0.29, 0.717) is 0 Å². The molecule has 1 N–H and O–H groups in total. The Labute approximate surface area is 118 Å². The fraction of sp³-hybridized carbons (Fsp3) is 0.167. The maximum absolute atomic E-state index is 8.49. The van der Waals surface area contributed by atoms with Gasteiger partial charge in [-0.15, -0.1) is 10.2 Å². The molecule has 2 aromatic rings. The molecular weight excluding hydrogens is 286 g/mol. The van der Waals surface area contributed by atoms with Crippen molar-refractivity contribution >= 4 is 5.69 Å². The summed E-state index contributed by atoms with van der Waals surface area (Å²) in [6, 6.07) is 10.3. The van der Waals surface area contributed by atoms with Gasteiger partial charge in [-0.25, -0.2) is 18.6 Å². The van der Waals surface area contributed by atoms with Gasteiger partial charge in [0.1, 0.15) is 6.20 Å². The lowest BCUT2D eigenvalue weighted by Crippen LogP contribution is -2.68. The molecule has 2 rings (SSSR count). The quantitative estimate of drug-likeness (QED) is 0.588. The number of aromatic nitrogens is 2. The van der Waals surface area contributed by atoms with Crippen molar-refractivity contribution < 1.29 is 33.6 Å². The number of aryl methyl sites for hydroxylation is 1. The molecular formula is C12H14ClN3O4. The van der Waals surface area contributed by atoms with Gasteiger partial charge in [-0.1, -0.05) is 22.4 Å². The summed E-state index contributed by atoms with van der Waals surface area (Å²) < 4.78 is 35.8. The van der Waals surface area contributed by atoms with Crippen LogP contribution < -0.4 is 28.6 Å². The molecule has 0 saturated carbocycles. The van der Waals surface area contributed by atoms with E-state index in [1.807, 2.05) is 24.0 Å². The molecule has 7 nitrogen and oxygen atoms in total. The third-order valence-electron chi connectivity index (χ3n) is 2.30. The molecule has 0 atom stereocenters. The molecule has 8 heteroatoms. The second-order valence-corrected chi connectivity index (χ2v) is 4.58. The Balaban J connectivity index is 0.000000347. The summed E-state index contributed by atoms with van der Waals surface area (Å²) in [7, 11) is -3.06. The van der Waals surface area contributed by atoms with Crippen molar-refractivity contribution in [1.82, 2.24) is 5.10 Å². The molecule has 0 unspecified atom stereocenters. The molecule has 0 aliphatic rings. The Kier molecular flexibility index (Phi) is 5.81. The number of hydrogen-bond donors (Lipinski definition) is 1. The smallest absolute Gasteiger partial charge is 0.238 e. The van der Waals surface area contributed by atoms with Gasteiger partial charge in [0.25, 0.3) is 0 Å². The zero-order valence-corrected chi connectivity index (χ0v) is 11.7. The van der Waals surface area contributed by atoms with Crippen LogP contribution in [0.5, 0.6) is 0 Å². The standard InChI is InChI=1S/C12H13N3.ClHO4/c1-10-3-5-12(6-4-10)15-8-7-11(13-2)9-14-15;2-1(3,4)5/h3-9H,1-2H3;(H,2,3,4,5). The fourth-order valence-electron chi connectivity index (χ4n) is 1.35. The number of nitrogens with zero attached hydrogens (tertiary/aromatic N) is 2. The van der Waals surface area contributed by atoms with Gasteiger partial charge in [-0.3, -0.25) is 0 Å². The van der Waals surface area contributed by atoms with Crippen LogP contribution in [0.1, 0.15) is 5.56 Å². The van der Waals surface area contributed by atoms with Crippen LogP contribution >= 0.6 is 0 Å². The molecule has 108 valence electrons. The molecule has 0 radical (unpaired) electrons. The molecule has 0 amide bonds. The topological polar surface area (TPSA) is 121 Å². The van der Waals surface area contributed by atoms with Crippen LogP contribution in [0, 0.1) is 17.2 Å². The van der Waals surface area contributed by atoms with Crippen LogP contribution in [0.2, 0.25) is 0 Å². The molecule has 0 aliphatic heterocycles. The van der Waals surface area contributed by atoms with Crippen LogP contribution in [0.4, 0.5) is 5.69 Å². The summed E-state index contributed by atoms with van der Waals surface area (Å²) in [5, 5.41) is 7.34. The SMILES string of the molecule is CNc1cc[n+](-c2ccc(C)cc2)nc1.[O-][Cl+3]([O-])([O-])[O-]. The van der Waals surface area contributed by atoms with Gasteiger partial charge in [0.15, 0.2) is 0 Å². The molecule has 0 fully saturated rings. The Morgan fingerprint density at radius 3 is 2.00 bits per heavy atom. The Morgan fingerprint density at radius 1 is 1.05 bits per heavy atom. The average molecular weight is 300 g/mol. The predicted molar refractivity (Wildman–Crippen MR) is 60.1 cm³/mol. The summed E-state index contributed by atoms with van der Waals surface area (Å²) >= 11 is 0. The summed E-state index contributed by atoms with van der Waals surface area (Å²) in [6.07, 6.45) is 3.75. The first-order valence-electron chi connectivity index (χ1n) is 5.54. The molecule has 1 aromatic heterocycles. The maximum atomic E-state index is 8.49. The van der Waals surface area contributed by atoms with Crippen LogP contribution in [0.15, 0.2) is 42.7 Å². The summed E-state index contributed by atoms with van der Waals surface area (Å²) in [6.45, 7) is 2.08. The molecule has 0 aliphatic carbocycles. The second kappa shape index (κ2) is 7.13. The van der Waals surface area contributed by atoms with Gasteiger partial charge in [-0.2, -0.15) is 0 Å². The van der Waals surface area contributed by atoms with E-state index in [1.165, 1.54) is 5.56 Å². The molecule has 0 spiro atoms. The normalized spacial score (nSPS) is 10.5. The number of halogens is 1. The van der Waals surface area contributed by atoms with E-state index in [9.17, 15) is 0 Å². The average Bonchev–Trinajstić information content (AvgIpc) is 2.38. The maximum Gasteiger partial charge on any atom is 0.238 e. The van der Waals surface area contributed by atoms with Crippen molar-refractivity contribution in [2.75, 3.05) is 12.4 Å². The molecule has 1 heterocycles. The van der Waals surface area contributed by atoms with E-state index >= 15 is 0 Å². The minimum absolute atomic E-state index is 1.01. The van der Waals surface area contributed by atoms with Crippen LogP contribution in [0.3, 0.4) is 0 Å². The number of nitrogens with one attached hydrogen (secondary N) is 1. The van der Waals surface area contributed by atoms with Crippen molar-refractivity contribution in [2.45, 2.75) is 6.92 Å². The largest absolute Gasteiger partial charge is 0.387 e. The van der Waals surface area contributed by atoms with E-state index in [-0.39, 0.29) is 0 Å². The summed E-state index contributed by atoms with van der Waals surface area (Å²) in [4.78, 5) is 0. The predicted octanol–water partition coefficient (Wildman–Crippen LogP) is -3.05. The molecule has 1 aromatic carbocycles. The van der Waals surface area contributed by atoms with Gasteiger partial charge in [-0.05, 0) is 12.0 Å². The number of anilines is 1. The number of hydrogen-bond acceptors (Lipinski definition) is 6. The Hall–Kier alpha value is -1.77. The fourth-order valence-corrected chi connectivity index (χ4v) is 1.35. The van der Waals surface area contributed by atoms with Gasteiger partial charge >= 0.3 is 0 Å². The van der Waals surface area contributed by atoms with Crippen LogP contribution in [-0.4, -0.2) is 12.1 Å². The lowest BCUT2D eigenvalue weighted by Gasteiger charge is -2.17. The van der Waals surface area contributed by atoms with Crippen molar-refractivity contribution in [3.8, 4) is 5.69 Å². The lowest BCUT2D eigenvalue weighted by molar-refractivity contribution is -2.00. The van der Waals surface area contributed by atoms with Crippen molar-refractivity contribution in [2.24, 2.45) is 0 Å². The van der Waals surface area contributed by atoms with E-state index in [1.54, 1.807) is 6.20 Å². The van der Waals surface area contributed by atoms with Crippen molar-refractivity contribution in [1.29, 1.82) is 0 Å². The summed E-state index contributed by atoms with van der Waals surface area (Å²) in [5.41, 5.74) is 3.34. The first-order valence-corrected chi connectivity index (χ1v) is 6.77. The second-order valence-electron chi connectivity index (χ2n) is 3.82. The highest BCUT2D eigenvalue weighted by molar-refractivity contribution is 5.37. The van der Waals surface area contributed by atoms with E-state index < -0.39 is 10.2 Å². The highest BCUT2D eigenvalue weighted by Crippen LogP contribution is 2.03. The first-order chi connectivity index (χ1) is 9.29. The van der Waals surface area contributed by atoms with Crippen molar-refractivity contribution in [3.05, 3.63) is 48.3 Å². The van der Waals surface area contributed by atoms with Crippen LogP contribution in [0.25, 0.3) is 5.69 Å². The first kappa shape index (κ1) is 16.3. The van der Waals surface area contributed by atoms with Crippen LogP contribution in [-0.2, 0) is 0 Å². The lowest BCUT2D eigenvalue weighted by atomic mass is 10.2. The van der Waals surface area contributed by atoms with Gasteiger partial charge < -0.3 is 5.32 Å². The Bertz CT molecular complexity index is 520. The molecule has 0 bridgehead atoms. The third kappa shape index (κ3) is 6.41. The minimum atomic E-state index is -4.94. The Morgan fingerprint density at radius 2 is 1.60 bits per heavy atom. The molecule has 20 heavy (non-hydrogen) atoms.